The van der Waals surface area contributed by atoms with Gasteiger partial charge in [0.25, 0.3) is 0 Å². The van der Waals surface area contributed by atoms with E-state index in [1.54, 1.807) is 0 Å². The maximum Gasteiger partial charge on any atom is 0.344 e. The van der Waals surface area contributed by atoms with Crippen molar-refractivity contribution in [2.45, 2.75) is 122 Å². The Labute approximate surface area is 280 Å². The van der Waals surface area contributed by atoms with Gasteiger partial charge in [-0.2, -0.15) is 0 Å². The van der Waals surface area contributed by atoms with E-state index in [1.165, 1.54) is 0 Å². The van der Waals surface area contributed by atoms with E-state index >= 15 is 0 Å². The molecule has 0 radical (unpaired) electrons. The summed E-state index contributed by atoms with van der Waals surface area (Å²) in [5.74, 6) is -1.16. The first kappa shape index (κ1) is 36.6. The summed E-state index contributed by atoms with van der Waals surface area (Å²) in [6.07, 6.45) is 3.44. The van der Waals surface area contributed by atoms with Gasteiger partial charge in [-0.3, -0.25) is 0 Å². The van der Waals surface area contributed by atoms with E-state index in [2.05, 4.69) is 20.8 Å². The molecule has 2 heterocycles. The fourth-order valence-electron chi connectivity index (χ4n) is 6.00. The number of carbonyl (C=O) groups is 1. The molecule has 46 heavy (non-hydrogen) atoms. The average Bonchev–Trinajstić information content (AvgIpc) is 3.41. The van der Waals surface area contributed by atoms with Crippen molar-refractivity contribution in [1.29, 1.82) is 0 Å². The fraction of sp³-hybridized carbons (Fsp3) is 0.649. The molecule has 8 nitrogen and oxygen atoms in total. The number of hydrogen-bond acceptors (Lipinski definition) is 8. The van der Waals surface area contributed by atoms with Crippen molar-refractivity contribution in [3.8, 4) is 5.75 Å². The summed E-state index contributed by atoms with van der Waals surface area (Å²) in [4.78, 5) is 14.0. The molecule has 2 aromatic rings. The Morgan fingerprint density at radius 2 is 1.52 bits per heavy atom. The van der Waals surface area contributed by atoms with Crippen LogP contribution in [0.3, 0.4) is 0 Å². The van der Waals surface area contributed by atoms with Crippen LogP contribution >= 0.6 is 11.6 Å². The molecule has 0 amide bonds. The third-order valence-electron chi connectivity index (χ3n) is 8.43. The van der Waals surface area contributed by atoms with Gasteiger partial charge in [-0.1, -0.05) is 69.8 Å². The SMILES string of the molecule is CCCCO[C@@H]1[C@@H](OCCCC)[C@@]2(c3ccc(Cl)c(Cc4ccc(OCC)cc4)c3)OC[C@](C(=O)OC(C)C)(O2)[C@H]1OCCCC. The fourth-order valence-corrected chi connectivity index (χ4v) is 6.19. The van der Waals surface area contributed by atoms with E-state index in [-0.39, 0.29) is 12.7 Å². The van der Waals surface area contributed by atoms with Gasteiger partial charge in [0.15, 0.2) is 0 Å². The first-order chi connectivity index (χ1) is 22.2. The molecule has 0 aromatic heterocycles. The molecular formula is C37H53ClO8. The number of rotatable bonds is 19. The molecule has 0 N–H and O–H groups in total. The van der Waals surface area contributed by atoms with E-state index in [1.807, 2.05) is 63.2 Å². The van der Waals surface area contributed by atoms with Gasteiger partial charge >= 0.3 is 5.97 Å². The molecule has 256 valence electrons. The Kier molecular flexibility index (Phi) is 13.8. The standard InChI is InChI=1S/C37H53ClO8/c1-7-11-20-41-32-33(42-21-12-8-2)36(35(39)45-26(5)6)25-44-37(46-36,34(32)43-22-13-9-3)29-16-19-31(38)28(24-29)23-27-14-17-30(18-15-27)40-10-4/h14-19,24,26,32-34H,7-13,20-23,25H2,1-6H3/t32-,33-,34+,36-,37-/m0/s1. The lowest BCUT2D eigenvalue weighted by atomic mass is 9.82. The molecular weight excluding hydrogens is 608 g/mol. The number of carbonyl (C=O) groups excluding carboxylic acids is 1. The predicted molar refractivity (Wildman–Crippen MR) is 178 cm³/mol. The molecule has 5 atom stereocenters. The van der Waals surface area contributed by atoms with Crippen molar-refractivity contribution in [2.24, 2.45) is 0 Å². The van der Waals surface area contributed by atoms with E-state index in [9.17, 15) is 4.79 Å². The van der Waals surface area contributed by atoms with Crippen LogP contribution in [0.4, 0.5) is 0 Å². The molecule has 2 fully saturated rings. The van der Waals surface area contributed by atoms with Crippen LogP contribution < -0.4 is 4.74 Å². The zero-order valence-electron chi connectivity index (χ0n) is 28.5. The highest BCUT2D eigenvalue weighted by molar-refractivity contribution is 6.31. The summed E-state index contributed by atoms with van der Waals surface area (Å²) in [6, 6.07) is 13.7. The zero-order valence-corrected chi connectivity index (χ0v) is 29.2. The zero-order chi connectivity index (χ0) is 33.2. The lowest BCUT2D eigenvalue weighted by Crippen LogP contribution is -2.69. The Hall–Kier alpha value is -2.20. The number of esters is 1. The minimum atomic E-state index is -1.55. The lowest BCUT2D eigenvalue weighted by molar-refractivity contribution is -0.342. The van der Waals surface area contributed by atoms with Crippen molar-refractivity contribution < 1.29 is 38.0 Å². The van der Waals surface area contributed by atoms with Crippen molar-refractivity contribution >= 4 is 17.6 Å². The highest BCUT2D eigenvalue weighted by Gasteiger charge is 2.73. The quantitative estimate of drug-likeness (QED) is 0.112. The number of hydrogen-bond donors (Lipinski definition) is 0. The van der Waals surface area contributed by atoms with Crippen LogP contribution in [0.25, 0.3) is 0 Å². The molecule has 0 unspecified atom stereocenters. The molecule has 0 spiro atoms. The molecule has 2 aromatic carbocycles. The largest absolute Gasteiger partial charge is 0.494 e. The van der Waals surface area contributed by atoms with Gasteiger partial charge in [0.1, 0.15) is 24.1 Å². The van der Waals surface area contributed by atoms with Crippen molar-refractivity contribution in [3.05, 3.63) is 64.2 Å². The molecule has 0 aliphatic carbocycles. The maximum absolute atomic E-state index is 14.0. The van der Waals surface area contributed by atoms with E-state index in [0.717, 1.165) is 55.4 Å². The third kappa shape index (κ3) is 8.26. The van der Waals surface area contributed by atoms with Crippen LogP contribution in [0.15, 0.2) is 42.5 Å². The predicted octanol–water partition coefficient (Wildman–Crippen LogP) is 7.79. The number of benzene rings is 2. The molecule has 4 rings (SSSR count). The second kappa shape index (κ2) is 17.3. The summed E-state index contributed by atoms with van der Waals surface area (Å²) in [5.41, 5.74) is 1.13. The maximum atomic E-state index is 14.0. The highest BCUT2D eigenvalue weighted by Crippen LogP contribution is 2.53. The normalized spacial score (nSPS) is 25.6. The van der Waals surface area contributed by atoms with E-state index < -0.39 is 35.7 Å². The monoisotopic (exact) mass is 660 g/mol. The van der Waals surface area contributed by atoms with Crippen LogP contribution in [-0.4, -0.2) is 69.0 Å². The molecule has 2 bridgehead atoms. The van der Waals surface area contributed by atoms with Crippen LogP contribution in [0.2, 0.25) is 5.02 Å². The van der Waals surface area contributed by atoms with Crippen LogP contribution in [0.5, 0.6) is 5.75 Å². The Balaban J connectivity index is 1.81. The molecule has 9 heteroatoms. The smallest absolute Gasteiger partial charge is 0.344 e. The molecule has 2 aliphatic heterocycles. The molecule has 2 aliphatic rings. The second-order valence-corrected chi connectivity index (χ2v) is 12.8. The van der Waals surface area contributed by atoms with Crippen molar-refractivity contribution in [1.82, 2.24) is 0 Å². The number of ether oxygens (including phenoxy) is 7. The van der Waals surface area contributed by atoms with Gasteiger partial charge in [0.2, 0.25) is 11.4 Å². The van der Waals surface area contributed by atoms with Crippen LogP contribution in [0.1, 0.15) is 96.8 Å². The van der Waals surface area contributed by atoms with Gasteiger partial charge in [0.05, 0.1) is 19.3 Å². The van der Waals surface area contributed by atoms with Crippen molar-refractivity contribution in [3.63, 3.8) is 0 Å². The summed E-state index contributed by atoms with van der Waals surface area (Å²) < 4.78 is 44.9. The third-order valence-corrected chi connectivity index (χ3v) is 8.80. The Morgan fingerprint density at radius 1 is 0.891 bits per heavy atom. The molecule has 2 saturated heterocycles. The Morgan fingerprint density at radius 3 is 2.13 bits per heavy atom. The minimum absolute atomic E-state index is 0.0620. The van der Waals surface area contributed by atoms with Gasteiger partial charge in [-0.05, 0) is 81.8 Å². The van der Waals surface area contributed by atoms with E-state index in [0.29, 0.717) is 43.4 Å². The summed E-state index contributed by atoms with van der Waals surface area (Å²) in [5, 5.41) is 0.619. The number of fused-ring (bicyclic) bond motifs is 2. The first-order valence-electron chi connectivity index (χ1n) is 17.1. The van der Waals surface area contributed by atoms with Gasteiger partial charge in [0, 0.05) is 30.4 Å². The number of unbranched alkanes of at least 4 members (excludes halogenated alkanes) is 3. The summed E-state index contributed by atoms with van der Waals surface area (Å²) >= 11 is 6.79. The average molecular weight is 661 g/mol. The summed E-state index contributed by atoms with van der Waals surface area (Å²) in [6.45, 7) is 13.9. The number of halogens is 1. The van der Waals surface area contributed by atoms with Gasteiger partial charge in [-0.25, -0.2) is 4.79 Å². The second-order valence-electron chi connectivity index (χ2n) is 12.4. The topological polar surface area (TPSA) is 81.7 Å². The minimum Gasteiger partial charge on any atom is -0.494 e. The summed E-state index contributed by atoms with van der Waals surface area (Å²) in [7, 11) is 0. The van der Waals surface area contributed by atoms with Gasteiger partial charge in [-0.15, -0.1) is 0 Å². The van der Waals surface area contributed by atoms with Crippen LogP contribution in [-0.2, 0) is 45.4 Å². The first-order valence-corrected chi connectivity index (χ1v) is 17.5. The highest BCUT2D eigenvalue weighted by atomic mass is 35.5. The lowest BCUT2D eigenvalue weighted by Gasteiger charge is -2.50. The Bertz CT molecular complexity index is 1240. The van der Waals surface area contributed by atoms with E-state index in [4.69, 9.17) is 44.8 Å². The molecule has 0 saturated carbocycles. The van der Waals surface area contributed by atoms with Crippen LogP contribution in [0, 0.1) is 0 Å². The van der Waals surface area contributed by atoms with Gasteiger partial charge < -0.3 is 33.2 Å². The van der Waals surface area contributed by atoms with Crippen molar-refractivity contribution in [2.75, 3.05) is 33.0 Å².